The first-order chi connectivity index (χ1) is 6.39. The van der Waals surface area contributed by atoms with Crippen LogP contribution in [0.2, 0.25) is 0 Å². The van der Waals surface area contributed by atoms with Crippen LogP contribution in [0.1, 0.15) is 6.42 Å². The highest BCUT2D eigenvalue weighted by Crippen LogP contribution is 1.99. The van der Waals surface area contributed by atoms with E-state index in [2.05, 4.69) is 15.4 Å². The quantitative estimate of drug-likeness (QED) is 0.601. The highest BCUT2D eigenvalue weighted by molar-refractivity contribution is 7.99. The maximum absolute atomic E-state index is 10.1. The van der Waals surface area contributed by atoms with Gasteiger partial charge in [0.2, 0.25) is 0 Å². The zero-order chi connectivity index (χ0) is 9.36. The van der Waals surface area contributed by atoms with E-state index >= 15 is 0 Å². The molecule has 4 nitrogen and oxygen atoms in total. The van der Waals surface area contributed by atoms with Crippen molar-refractivity contribution in [3.63, 3.8) is 0 Å². The first-order valence-corrected chi connectivity index (χ1v) is 5.74. The molecule has 13 heavy (non-hydrogen) atoms. The first-order valence-electron chi connectivity index (χ1n) is 4.58. The van der Waals surface area contributed by atoms with Gasteiger partial charge in [0.05, 0.1) is 6.61 Å². The third-order valence-corrected chi connectivity index (χ3v) is 2.66. The molecule has 2 saturated heterocycles. The number of thioether (sulfide) groups is 1. The summed E-state index contributed by atoms with van der Waals surface area (Å²) in [4.78, 5) is 10.1. The molecule has 0 saturated carbocycles. The van der Waals surface area contributed by atoms with Gasteiger partial charge in [-0.05, 0) is 6.42 Å². The molecule has 2 aliphatic rings. The molecule has 2 N–H and O–H groups in total. The number of rotatable bonds is 0. The second kappa shape index (κ2) is 7.03. The number of hydrogen-bond acceptors (Lipinski definition) is 4. The van der Waals surface area contributed by atoms with Gasteiger partial charge in [-0.1, -0.05) is 0 Å². The monoisotopic (exact) mass is 204 g/mol. The number of carbonyl (C=O) groups excluding carboxylic acids is 1. The number of alkyl carbamates (subject to hydrolysis) is 1. The average Bonchev–Trinajstić information content (AvgIpc) is 2.22. The number of ether oxygens (including phenoxy) is 1. The molecule has 2 rings (SSSR count). The lowest BCUT2D eigenvalue weighted by Gasteiger charge is -2.10. The standard InChI is InChI=1S/C4H7NO2.C4H9NS/c6-4-5-2-1-3-7-4;1-3-6-4-2-5-1/h1-3H2,(H,5,6);5H,1-4H2. The van der Waals surface area contributed by atoms with Crippen molar-refractivity contribution in [3.05, 3.63) is 0 Å². The van der Waals surface area contributed by atoms with Crippen molar-refractivity contribution in [2.45, 2.75) is 6.42 Å². The van der Waals surface area contributed by atoms with E-state index in [1.54, 1.807) is 0 Å². The van der Waals surface area contributed by atoms with E-state index in [1.165, 1.54) is 24.6 Å². The van der Waals surface area contributed by atoms with Gasteiger partial charge in [-0.15, -0.1) is 0 Å². The Balaban J connectivity index is 0.000000132. The lowest BCUT2D eigenvalue weighted by atomic mass is 10.4. The van der Waals surface area contributed by atoms with E-state index < -0.39 is 0 Å². The maximum atomic E-state index is 10.1. The Morgan fingerprint density at radius 1 is 1.23 bits per heavy atom. The fraction of sp³-hybridized carbons (Fsp3) is 0.875. The van der Waals surface area contributed by atoms with E-state index in [0.717, 1.165) is 13.0 Å². The summed E-state index contributed by atoms with van der Waals surface area (Å²) in [6.45, 7) is 3.76. The van der Waals surface area contributed by atoms with Crippen LogP contribution >= 0.6 is 11.8 Å². The lowest BCUT2D eigenvalue weighted by molar-refractivity contribution is 0.129. The fourth-order valence-corrected chi connectivity index (χ4v) is 1.78. The minimum atomic E-state index is -0.286. The normalized spacial score (nSPS) is 22.0. The van der Waals surface area contributed by atoms with Crippen molar-refractivity contribution in [3.8, 4) is 0 Å². The minimum Gasteiger partial charge on any atom is -0.449 e. The summed E-state index contributed by atoms with van der Waals surface area (Å²) in [6.07, 6.45) is 0.650. The molecule has 0 spiro atoms. The van der Waals surface area contributed by atoms with Crippen LogP contribution in [0.5, 0.6) is 0 Å². The Kier molecular flexibility index (Phi) is 5.76. The Bertz CT molecular complexity index is 132. The van der Waals surface area contributed by atoms with Crippen molar-refractivity contribution in [1.29, 1.82) is 0 Å². The van der Waals surface area contributed by atoms with Crippen molar-refractivity contribution in [1.82, 2.24) is 10.6 Å². The predicted molar refractivity (Wildman–Crippen MR) is 54.2 cm³/mol. The second-order valence-electron chi connectivity index (χ2n) is 2.78. The SMILES string of the molecule is C1CSCCN1.O=C1NCCCO1. The molecule has 0 aliphatic carbocycles. The van der Waals surface area contributed by atoms with Crippen LogP contribution in [0.3, 0.4) is 0 Å². The molecule has 2 aliphatic heterocycles. The smallest absolute Gasteiger partial charge is 0.407 e. The summed E-state index contributed by atoms with van der Waals surface area (Å²) in [5.74, 6) is 2.61. The van der Waals surface area contributed by atoms with Crippen molar-refractivity contribution in [2.75, 3.05) is 37.7 Å². The molecule has 5 heteroatoms. The minimum absolute atomic E-state index is 0.286. The van der Waals surface area contributed by atoms with Crippen LogP contribution in [0.15, 0.2) is 0 Å². The lowest BCUT2D eigenvalue weighted by Crippen LogP contribution is -2.31. The number of hydrogen-bond donors (Lipinski definition) is 2. The van der Waals surface area contributed by atoms with Crippen LogP contribution < -0.4 is 10.6 Å². The highest BCUT2D eigenvalue weighted by Gasteiger charge is 2.04. The number of cyclic esters (lactones) is 1. The topological polar surface area (TPSA) is 50.4 Å². The summed E-state index contributed by atoms with van der Waals surface area (Å²) < 4.78 is 4.53. The molecule has 0 aromatic carbocycles. The Hall–Kier alpha value is -0.420. The summed E-state index contributed by atoms with van der Waals surface area (Å²) in [6, 6.07) is 0. The molecule has 0 bridgehead atoms. The zero-order valence-corrected chi connectivity index (χ0v) is 8.49. The summed E-state index contributed by atoms with van der Waals surface area (Å²) in [7, 11) is 0. The first kappa shape index (κ1) is 10.7. The van der Waals surface area contributed by atoms with Gasteiger partial charge in [0.25, 0.3) is 0 Å². The van der Waals surface area contributed by atoms with Crippen LogP contribution in [-0.4, -0.2) is 43.8 Å². The zero-order valence-electron chi connectivity index (χ0n) is 7.67. The van der Waals surface area contributed by atoms with E-state index in [0.29, 0.717) is 6.61 Å². The van der Waals surface area contributed by atoms with E-state index in [1.807, 2.05) is 11.8 Å². The van der Waals surface area contributed by atoms with Gasteiger partial charge in [0, 0.05) is 31.1 Å². The predicted octanol–water partition coefficient (Wildman–Crippen LogP) is 0.439. The fourth-order valence-electron chi connectivity index (χ4n) is 0.994. The average molecular weight is 204 g/mol. The molecule has 0 aromatic heterocycles. The summed E-state index contributed by atoms with van der Waals surface area (Å²) in [5, 5.41) is 5.78. The van der Waals surface area contributed by atoms with Crippen LogP contribution in [-0.2, 0) is 4.74 Å². The second-order valence-corrected chi connectivity index (χ2v) is 4.00. The molecule has 2 heterocycles. The Morgan fingerprint density at radius 3 is 2.23 bits per heavy atom. The van der Waals surface area contributed by atoms with E-state index in [4.69, 9.17) is 0 Å². The van der Waals surface area contributed by atoms with Gasteiger partial charge in [-0.2, -0.15) is 11.8 Å². The third-order valence-electron chi connectivity index (χ3n) is 1.67. The number of amides is 1. The van der Waals surface area contributed by atoms with Gasteiger partial charge in [0.15, 0.2) is 0 Å². The van der Waals surface area contributed by atoms with Gasteiger partial charge in [-0.25, -0.2) is 4.79 Å². The molecular weight excluding hydrogens is 188 g/mol. The van der Waals surface area contributed by atoms with Crippen LogP contribution in [0.25, 0.3) is 0 Å². The molecule has 0 aromatic rings. The van der Waals surface area contributed by atoms with Crippen molar-refractivity contribution >= 4 is 17.9 Å². The van der Waals surface area contributed by atoms with Gasteiger partial charge < -0.3 is 15.4 Å². The van der Waals surface area contributed by atoms with E-state index in [-0.39, 0.29) is 6.09 Å². The van der Waals surface area contributed by atoms with Crippen LogP contribution in [0, 0.1) is 0 Å². The molecule has 1 amide bonds. The van der Waals surface area contributed by atoms with Gasteiger partial charge >= 0.3 is 6.09 Å². The summed E-state index contributed by atoms with van der Waals surface area (Å²) in [5.41, 5.74) is 0. The molecule has 76 valence electrons. The molecule has 0 radical (unpaired) electrons. The number of nitrogens with one attached hydrogen (secondary N) is 2. The van der Waals surface area contributed by atoms with E-state index in [9.17, 15) is 4.79 Å². The molecule has 2 fully saturated rings. The van der Waals surface area contributed by atoms with Crippen LogP contribution in [0.4, 0.5) is 4.79 Å². The Labute approximate surface area is 82.8 Å². The third kappa shape index (κ3) is 5.76. The van der Waals surface area contributed by atoms with Gasteiger partial charge in [-0.3, -0.25) is 0 Å². The maximum Gasteiger partial charge on any atom is 0.407 e. The Morgan fingerprint density at radius 2 is 2.00 bits per heavy atom. The highest BCUT2D eigenvalue weighted by atomic mass is 32.2. The largest absolute Gasteiger partial charge is 0.449 e. The molecule has 0 atom stereocenters. The van der Waals surface area contributed by atoms with Crippen molar-refractivity contribution < 1.29 is 9.53 Å². The summed E-state index contributed by atoms with van der Waals surface area (Å²) >= 11 is 2.03. The number of carbonyl (C=O) groups is 1. The molecular formula is C8H16N2O2S. The van der Waals surface area contributed by atoms with Gasteiger partial charge in [0.1, 0.15) is 0 Å². The molecule has 0 unspecified atom stereocenters. The van der Waals surface area contributed by atoms with Crippen molar-refractivity contribution in [2.24, 2.45) is 0 Å².